The largest absolute Gasteiger partial charge is 0.139 e. The molecule has 0 unspecified atom stereocenters. The highest BCUT2D eigenvalue weighted by Crippen LogP contribution is 2.33. The number of fused-ring (bicyclic) bond motifs is 1. The summed E-state index contributed by atoms with van der Waals surface area (Å²) in [5.41, 5.74) is 1.41. The molecule has 1 aromatic heterocycles. The molecule has 0 amide bonds. The van der Waals surface area contributed by atoms with E-state index < -0.39 is 0 Å². The van der Waals surface area contributed by atoms with E-state index in [2.05, 4.69) is 48.0 Å². The van der Waals surface area contributed by atoms with Crippen molar-refractivity contribution in [2.24, 2.45) is 0 Å². The van der Waals surface area contributed by atoms with Crippen LogP contribution in [0.2, 0.25) is 0 Å². The molecule has 0 nitrogen and oxygen atoms in total. The summed E-state index contributed by atoms with van der Waals surface area (Å²) in [6.07, 6.45) is 2.24. The van der Waals surface area contributed by atoms with Crippen LogP contribution in [0.25, 0.3) is 10.1 Å². The minimum atomic E-state index is 1.10. The van der Waals surface area contributed by atoms with Gasteiger partial charge in [0.25, 0.3) is 0 Å². The Morgan fingerprint density at radius 2 is 1.93 bits per heavy atom. The van der Waals surface area contributed by atoms with Crippen molar-refractivity contribution in [1.29, 1.82) is 0 Å². The van der Waals surface area contributed by atoms with Gasteiger partial charge in [-0.15, -0.1) is 11.3 Å². The summed E-state index contributed by atoms with van der Waals surface area (Å²) in [5, 5.41) is 1.39. The maximum Gasteiger partial charge on any atom is 0.0487 e. The van der Waals surface area contributed by atoms with Crippen molar-refractivity contribution < 1.29 is 0 Å². The third-order valence-electron chi connectivity index (χ3n) is 2.44. The molecular weight excluding hydrogens is 256 g/mol. The number of aryl methyl sites for hydroxylation is 2. The Hall–Kier alpha value is -0.340. The van der Waals surface area contributed by atoms with Crippen molar-refractivity contribution >= 4 is 37.4 Å². The number of thiophene rings is 1. The molecule has 0 aliphatic carbocycles. The molecule has 0 fully saturated rings. The molecule has 1 aromatic carbocycles. The van der Waals surface area contributed by atoms with Gasteiger partial charge in [-0.1, -0.05) is 19.9 Å². The monoisotopic (exact) mass is 268 g/mol. The number of hydrogen-bond acceptors (Lipinski definition) is 1. The van der Waals surface area contributed by atoms with Gasteiger partial charge in [0.2, 0.25) is 0 Å². The van der Waals surface area contributed by atoms with Gasteiger partial charge >= 0.3 is 0 Å². The van der Waals surface area contributed by atoms with E-state index in [1.807, 2.05) is 11.3 Å². The third kappa shape index (κ3) is 1.73. The van der Waals surface area contributed by atoms with Crippen LogP contribution in [0, 0.1) is 0 Å². The highest BCUT2D eigenvalue weighted by Gasteiger charge is 2.05. The molecule has 0 aliphatic rings. The maximum absolute atomic E-state index is 3.64. The summed E-state index contributed by atoms with van der Waals surface area (Å²) in [6, 6.07) is 6.85. The van der Waals surface area contributed by atoms with Gasteiger partial charge in [0.05, 0.1) is 0 Å². The topological polar surface area (TPSA) is 0 Å². The molecule has 0 radical (unpaired) electrons. The molecule has 0 spiro atoms. The van der Waals surface area contributed by atoms with E-state index in [0.29, 0.717) is 0 Å². The lowest BCUT2D eigenvalue weighted by molar-refractivity contribution is 1.14. The minimum Gasteiger partial charge on any atom is -0.139 e. The molecule has 14 heavy (non-hydrogen) atoms. The van der Waals surface area contributed by atoms with Crippen LogP contribution in [0.3, 0.4) is 0 Å². The van der Waals surface area contributed by atoms with Crippen molar-refractivity contribution in [1.82, 2.24) is 0 Å². The lowest BCUT2D eigenvalue weighted by atomic mass is 10.1. The summed E-state index contributed by atoms with van der Waals surface area (Å²) < 4.78 is 2.63. The zero-order chi connectivity index (χ0) is 10.1. The SMILES string of the molecule is CCc1cc(Br)c2sc(CC)cc2c1. The summed E-state index contributed by atoms with van der Waals surface area (Å²) >= 11 is 5.54. The molecule has 74 valence electrons. The van der Waals surface area contributed by atoms with Gasteiger partial charge < -0.3 is 0 Å². The van der Waals surface area contributed by atoms with Gasteiger partial charge in [0.15, 0.2) is 0 Å². The fraction of sp³-hybridized carbons (Fsp3) is 0.333. The Bertz CT molecular complexity index is 457. The molecule has 0 bridgehead atoms. The Morgan fingerprint density at radius 1 is 1.14 bits per heavy atom. The Morgan fingerprint density at radius 3 is 2.57 bits per heavy atom. The van der Waals surface area contributed by atoms with Crippen LogP contribution < -0.4 is 0 Å². The van der Waals surface area contributed by atoms with Crippen LogP contribution in [-0.2, 0) is 12.8 Å². The van der Waals surface area contributed by atoms with E-state index in [4.69, 9.17) is 0 Å². The van der Waals surface area contributed by atoms with E-state index in [1.54, 1.807) is 0 Å². The quantitative estimate of drug-likeness (QED) is 0.735. The van der Waals surface area contributed by atoms with Gasteiger partial charge in [-0.05, 0) is 51.9 Å². The van der Waals surface area contributed by atoms with Crippen LogP contribution in [0.4, 0.5) is 0 Å². The second-order valence-corrected chi connectivity index (χ2v) is 5.41. The molecule has 0 saturated heterocycles. The standard InChI is InChI=1S/C12H13BrS/c1-3-8-5-9-7-10(4-2)14-12(9)11(13)6-8/h5-7H,3-4H2,1-2H3. The van der Waals surface area contributed by atoms with Crippen molar-refractivity contribution in [3.8, 4) is 0 Å². The van der Waals surface area contributed by atoms with E-state index in [1.165, 1.54) is 25.0 Å². The summed E-state index contributed by atoms with van der Waals surface area (Å²) in [6.45, 7) is 4.40. The van der Waals surface area contributed by atoms with Crippen LogP contribution in [0.15, 0.2) is 22.7 Å². The maximum atomic E-state index is 3.64. The lowest BCUT2D eigenvalue weighted by Gasteiger charge is -1.98. The summed E-state index contributed by atoms with van der Waals surface area (Å²) in [4.78, 5) is 1.47. The van der Waals surface area contributed by atoms with Gasteiger partial charge in [-0.2, -0.15) is 0 Å². The molecule has 2 aromatic rings. The Labute approximate surface area is 97.1 Å². The number of rotatable bonds is 2. The van der Waals surface area contributed by atoms with Gasteiger partial charge in [0.1, 0.15) is 0 Å². The van der Waals surface area contributed by atoms with E-state index in [0.717, 1.165) is 12.8 Å². The average Bonchev–Trinajstić information content (AvgIpc) is 2.61. The minimum absolute atomic E-state index is 1.10. The van der Waals surface area contributed by atoms with Crippen molar-refractivity contribution in [2.75, 3.05) is 0 Å². The summed E-state index contributed by atoms with van der Waals surface area (Å²) in [5.74, 6) is 0. The molecule has 2 rings (SSSR count). The van der Waals surface area contributed by atoms with Crippen LogP contribution in [0.1, 0.15) is 24.3 Å². The van der Waals surface area contributed by atoms with E-state index >= 15 is 0 Å². The van der Waals surface area contributed by atoms with Gasteiger partial charge in [-0.3, -0.25) is 0 Å². The van der Waals surface area contributed by atoms with Gasteiger partial charge in [-0.25, -0.2) is 0 Å². The van der Waals surface area contributed by atoms with Crippen molar-refractivity contribution in [3.63, 3.8) is 0 Å². The zero-order valence-corrected chi connectivity index (χ0v) is 10.8. The molecular formula is C12H13BrS. The highest BCUT2D eigenvalue weighted by molar-refractivity contribution is 9.10. The second-order valence-electron chi connectivity index (χ2n) is 3.42. The fourth-order valence-corrected chi connectivity index (χ4v) is 3.35. The molecule has 0 atom stereocenters. The molecule has 1 heterocycles. The fourth-order valence-electron chi connectivity index (χ4n) is 1.60. The molecule has 2 heteroatoms. The first-order valence-corrected chi connectivity index (χ1v) is 6.56. The van der Waals surface area contributed by atoms with E-state index in [9.17, 15) is 0 Å². The molecule has 0 saturated carbocycles. The number of benzene rings is 1. The first-order valence-electron chi connectivity index (χ1n) is 4.95. The predicted octanol–water partition coefficient (Wildman–Crippen LogP) is 4.79. The van der Waals surface area contributed by atoms with Gasteiger partial charge in [0, 0.05) is 14.0 Å². The smallest absolute Gasteiger partial charge is 0.0487 e. The third-order valence-corrected chi connectivity index (χ3v) is 4.65. The normalized spacial score (nSPS) is 11.1. The van der Waals surface area contributed by atoms with Crippen LogP contribution in [-0.4, -0.2) is 0 Å². The first-order chi connectivity index (χ1) is 6.74. The van der Waals surface area contributed by atoms with E-state index in [-0.39, 0.29) is 0 Å². The lowest BCUT2D eigenvalue weighted by Crippen LogP contribution is -1.78. The average molecular weight is 269 g/mol. The molecule has 0 aliphatic heterocycles. The molecule has 0 N–H and O–H groups in total. The number of hydrogen-bond donors (Lipinski definition) is 0. The number of halogens is 1. The predicted molar refractivity (Wildman–Crippen MR) is 68.3 cm³/mol. The highest BCUT2D eigenvalue weighted by atomic mass is 79.9. The second kappa shape index (κ2) is 4.03. The Kier molecular flexibility index (Phi) is 2.93. The summed E-state index contributed by atoms with van der Waals surface area (Å²) in [7, 11) is 0. The van der Waals surface area contributed by atoms with Crippen molar-refractivity contribution in [3.05, 3.63) is 33.1 Å². The van der Waals surface area contributed by atoms with Crippen LogP contribution in [0.5, 0.6) is 0 Å². The first kappa shape index (κ1) is 10.2. The zero-order valence-electron chi connectivity index (χ0n) is 8.43. The Balaban J connectivity index is 2.67. The van der Waals surface area contributed by atoms with Crippen molar-refractivity contribution in [2.45, 2.75) is 26.7 Å². The van der Waals surface area contributed by atoms with Crippen LogP contribution >= 0.6 is 27.3 Å².